The van der Waals surface area contributed by atoms with Crippen molar-refractivity contribution >= 4 is 21.5 Å². The fourth-order valence-electron chi connectivity index (χ4n) is 2.64. The Labute approximate surface area is 170 Å². The summed E-state index contributed by atoms with van der Waals surface area (Å²) in [7, 11) is -2.46. The zero-order chi connectivity index (χ0) is 21.9. The van der Waals surface area contributed by atoms with Gasteiger partial charge in [0, 0.05) is 30.2 Å². The van der Waals surface area contributed by atoms with Gasteiger partial charge in [0.25, 0.3) is 0 Å². The molecule has 0 bridgehead atoms. The maximum atomic E-state index is 12.7. The summed E-state index contributed by atoms with van der Waals surface area (Å²) in [4.78, 5) is 8.00. The second-order valence-electron chi connectivity index (χ2n) is 6.19. The quantitative estimate of drug-likeness (QED) is 0.520. The second-order valence-corrected chi connectivity index (χ2v) is 8.08. The molecule has 0 saturated heterocycles. The minimum atomic E-state index is -4.50. The zero-order valence-corrected chi connectivity index (χ0v) is 16.5. The smallest absolute Gasteiger partial charge is 0.395 e. The number of pyridine rings is 1. The predicted octanol–water partition coefficient (Wildman–Crippen LogP) is 2.61. The average molecular weight is 441 g/mol. The van der Waals surface area contributed by atoms with Gasteiger partial charge in [-0.3, -0.25) is 0 Å². The van der Waals surface area contributed by atoms with Crippen LogP contribution in [0.15, 0.2) is 53.9 Å². The van der Waals surface area contributed by atoms with Crippen LogP contribution in [0.4, 0.5) is 24.7 Å². The molecular formula is C18H18F3N5O3S. The standard InChI is InChI=1S/C18H18F3N5O3S/c1-22-30(28,29)13-3-4-15(14(8-13)16-10-26(6-7-27)11-24-16)25-17-5-2-12(9-23-17)18(19,20)21/h2-5,8-11,22,27H,6-7H2,1H3,(H,23,25). The number of hydrogen-bond acceptors (Lipinski definition) is 6. The molecule has 2 aromatic heterocycles. The van der Waals surface area contributed by atoms with E-state index in [2.05, 4.69) is 20.0 Å². The molecule has 3 rings (SSSR count). The minimum absolute atomic E-state index is 0.0114. The van der Waals surface area contributed by atoms with Crippen molar-refractivity contribution in [1.29, 1.82) is 0 Å². The molecule has 0 saturated carbocycles. The lowest BCUT2D eigenvalue weighted by Crippen LogP contribution is -2.18. The Morgan fingerprint density at radius 2 is 1.93 bits per heavy atom. The van der Waals surface area contributed by atoms with Gasteiger partial charge >= 0.3 is 6.18 Å². The highest BCUT2D eigenvalue weighted by Gasteiger charge is 2.30. The molecule has 2 heterocycles. The Kier molecular flexibility index (Phi) is 6.10. The van der Waals surface area contributed by atoms with Gasteiger partial charge in [0.15, 0.2) is 0 Å². The molecular weight excluding hydrogens is 423 g/mol. The van der Waals surface area contributed by atoms with Crippen LogP contribution >= 0.6 is 0 Å². The van der Waals surface area contributed by atoms with Crippen LogP contribution in [0, 0.1) is 0 Å². The van der Waals surface area contributed by atoms with Gasteiger partial charge in [0.1, 0.15) is 5.82 Å². The van der Waals surface area contributed by atoms with Crippen molar-refractivity contribution in [3.8, 4) is 11.3 Å². The number of sulfonamides is 1. The number of aromatic nitrogens is 3. The molecule has 30 heavy (non-hydrogen) atoms. The van der Waals surface area contributed by atoms with Gasteiger partial charge in [-0.1, -0.05) is 0 Å². The number of aliphatic hydroxyl groups excluding tert-OH is 1. The van der Waals surface area contributed by atoms with Crippen molar-refractivity contribution in [2.45, 2.75) is 17.6 Å². The lowest BCUT2D eigenvalue weighted by Gasteiger charge is -2.13. The molecule has 0 radical (unpaired) electrons. The number of anilines is 2. The molecule has 0 fully saturated rings. The van der Waals surface area contributed by atoms with E-state index in [1.165, 1.54) is 37.6 Å². The Morgan fingerprint density at radius 3 is 2.53 bits per heavy atom. The van der Waals surface area contributed by atoms with Gasteiger partial charge < -0.3 is 15.0 Å². The third-order valence-electron chi connectivity index (χ3n) is 4.19. The maximum absolute atomic E-state index is 12.7. The van der Waals surface area contributed by atoms with Gasteiger partial charge in [-0.25, -0.2) is 23.1 Å². The molecule has 160 valence electrons. The highest BCUT2D eigenvalue weighted by atomic mass is 32.2. The van der Waals surface area contributed by atoms with E-state index in [-0.39, 0.29) is 17.3 Å². The molecule has 8 nitrogen and oxygen atoms in total. The lowest BCUT2D eigenvalue weighted by atomic mass is 10.1. The first-order chi connectivity index (χ1) is 14.1. The first kappa shape index (κ1) is 21.7. The topological polar surface area (TPSA) is 109 Å². The fraction of sp³-hybridized carbons (Fsp3) is 0.222. The largest absolute Gasteiger partial charge is 0.417 e. The number of alkyl halides is 3. The van der Waals surface area contributed by atoms with Gasteiger partial charge in [-0.15, -0.1) is 0 Å². The van der Waals surface area contributed by atoms with Crippen molar-refractivity contribution < 1.29 is 26.7 Å². The molecule has 3 aromatic rings. The van der Waals surface area contributed by atoms with Gasteiger partial charge in [0.2, 0.25) is 10.0 Å². The van der Waals surface area contributed by atoms with Crippen LogP contribution in [0.2, 0.25) is 0 Å². The van der Waals surface area contributed by atoms with Crippen LogP contribution in [0.1, 0.15) is 5.56 Å². The van der Waals surface area contributed by atoms with E-state index in [9.17, 15) is 21.6 Å². The van der Waals surface area contributed by atoms with Crippen molar-refractivity contribution in [3.05, 3.63) is 54.6 Å². The minimum Gasteiger partial charge on any atom is -0.395 e. The van der Waals surface area contributed by atoms with Crippen LogP contribution in [0.3, 0.4) is 0 Å². The summed E-state index contributed by atoms with van der Waals surface area (Å²) in [6, 6.07) is 6.29. The number of benzene rings is 1. The van der Waals surface area contributed by atoms with Crippen LogP contribution in [-0.2, 0) is 22.7 Å². The van der Waals surface area contributed by atoms with E-state index in [0.29, 0.717) is 29.7 Å². The number of imidazole rings is 1. The van der Waals surface area contributed by atoms with Crippen molar-refractivity contribution in [3.63, 3.8) is 0 Å². The van der Waals surface area contributed by atoms with Crippen LogP contribution in [0.25, 0.3) is 11.3 Å². The predicted molar refractivity (Wildman–Crippen MR) is 104 cm³/mol. The molecule has 0 amide bonds. The molecule has 0 spiro atoms. The molecule has 0 atom stereocenters. The number of nitrogens with zero attached hydrogens (tertiary/aromatic N) is 3. The van der Waals surface area contributed by atoms with Crippen molar-refractivity contribution in [2.24, 2.45) is 0 Å². The third kappa shape index (κ3) is 4.78. The second kappa shape index (κ2) is 8.42. The summed E-state index contributed by atoms with van der Waals surface area (Å²) in [5.41, 5.74) is 0.314. The summed E-state index contributed by atoms with van der Waals surface area (Å²) < 4.78 is 66.4. The summed E-state index contributed by atoms with van der Waals surface area (Å²) >= 11 is 0. The zero-order valence-electron chi connectivity index (χ0n) is 15.7. The Balaban J connectivity index is 2.02. The van der Waals surface area contributed by atoms with Gasteiger partial charge in [0.05, 0.1) is 29.1 Å². The van der Waals surface area contributed by atoms with E-state index < -0.39 is 21.8 Å². The van der Waals surface area contributed by atoms with Crippen LogP contribution in [-0.4, -0.2) is 41.7 Å². The summed E-state index contributed by atoms with van der Waals surface area (Å²) in [6.45, 7) is 0.190. The van der Waals surface area contributed by atoms with Crippen molar-refractivity contribution in [2.75, 3.05) is 19.0 Å². The van der Waals surface area contributed by atoms with Crippen LogP contribution < -0.4 is 10.0 Å². The Hall–Kier alpha value is -2.96. The molecule has 0 aliphatic rings. The number of halogens is 3. The van der Waals surface area contributed by atoms with E-state index in [1.54, 1.807) is 10.8 Å². The van der Waals surface area contributed by atoms with Gasteiger partial charge in [-0.2, -0.15) is 13.2 Å². The lowest BCUT2D eigenvalue weighted by molar-refractivity contribution is -0.137. The van der Waals surface area contributed by atoms with Gasteiger partial charge in [-0.05, 0) is 37.4 Å². The Bertz CT molecular complexity index is 1130. The van der Waals surface area contributed by atoms with E-state index in [1.807, 2.05) is 0 Å². The molecule has 0 aliphatic carbocycles. The Morgan fingerprint density at radius 1 is 1.17 bits per heavy atom. The molecule has 0 unspecified atom stereocenters. The summed E-state index contributed by atoms with van der Waals surface area (Å²) in [5, 5.41) is 12.0. The van der Waals surface area contributed by atoms with Crippen molar-refractivity contribution in [1.82, 2.24) is 19.3 Å². The third-order valence-corrected chi connectivity index (χ3v) is 5.60. The normalized spacial score (nSPS) is 12.2. The fourth-order valence-corrected chi connectivity index (χ4v) is 3.40. The summed E-state index contributed by atoms with van der Waals surface area (Å²) in [6.07, 6.45) is -0.700. The van der Waals surface area contributed by atoms with E-state index in [0.717, 1.165) is 6.07 Å². The van der Waals surface area contributed by atoms with E-state index in [4.69, 9.17) is 5.11 Å². The first-order valence-electron chi connectivity index (χ1n) is 8.65. The first-order valence-corrected chi connectivity index (χ1v) is 10.1. The number of rotatable bonds is 7. The highest BCUT2D eigenvalue weighted by Crippen LogP contribution is 2.33. The average Bonchev–Trinajstić information content (AvgIpc) is 3.16. The number of hydrogen-bond donors (Lipinski definition) is 3. The molecule has 3 N–H and O–H groups in total. The molecule has 1 aromatic carbocycles. The number of aliphatic hydroxyl groups is 1. The molecule has 12 heteroatoms. The number of nitrogens with one attached hydrogen (secondary N) is 2. The molecule has 0 aliphatic heterocycles. The highest BCUT2D eigenvalue weighted by molar-refractivity contribution is 7.89. The summed E-state index contributed by atoms with van der Waals surface area (Å²) in [5.74, 6) is 0.142. The van der Waals surface area contributed by atoms with E-state index >= 15 is 0 Å². The SMILES string of the molecule is CNS(=O)(=O)c1ccc(Nc2ccc(C(F)(F)F)cn2)c(-c2cn(CCO)cn2)c1. The monoisotopic (exact) mass is 441 g/mol. The van der Waals surface area contributed by atoms with Crippen LogP contribution in [0.5, 0.6) is 0 Å². The maximum Gasteiger partial charge on any atom is 0.417 e.